The quantitative estimate of drug-likeness (QED) is 0.286. The van der Waals surface area contributed by atoms with Crippen molar-refractivity contribution >= 4 is 87.8 Å². The summed E-state index contributed by atoms with van der Waals surface area (Å²) in [4.78, 5) is 15.1. The molecule has 0 radical (unpaired) electrons. The number of halogens is 2. The maximum Gasteiger partial charge on any atom is 0.271 e. The van der Waals surface area contributed by atoms with Gasteiger partial charge in [0.2, 0.25) is 0 Å². The summed E-state index contributed by atoms with van der Waals surface area (Å²) in [6, 6.07) is 13.3. The van der Waals surface area contributed by atoms with Gasteiger partial charge >= 0.3 is 0 Å². The third-order valence-corrected chi connectivity index (χ3v) is 12.2. The average molecular weight is 677 g/mol. The van der Waals surface area contributed by atoms with E-state index >= 15 is 0 Å². The van der Waals surface area contributed by atoms with Crippen molar-refractivity contribution in [2.24, 2.45) is 0 Å². The molecule has 1 atom stereocenters. The van der Waals surface area contributed by atoms with Gasteiger partial charge in [-0.25, -0.2) is 16.8 Å². The van der Waals surface area contributed by atoms with Crippen molar-refractivity contribution in [2.75, 3.05) is 34.6 Å². The third-order valence-electron chi connectivity index (χ3n) is 5.65. The van der Waals surface area contributed by atoms with E-state index in [1.165, 1.54) is 54.6 Å². The molecule has 202 valence electrons. The van der Waals surface area contributed by atoms with E-state index in [-0.39, 0.29) is 20.4 Å². The Morgan fingerprint density at radius 1 is 1.05 bits per heavy atom. The Balaban J connectivity index is 1.53. The van der Waals surface area contributed by atoms with E-state index in [0.717, 1.165) is 22.8 Å². The van der Waals surface area contributed by atoms with Gasteiger partial charge in [-0.2, -0.15) is 11.8 Å². The van der Waals surface area contributed by atoms with Gasteiger partial charge in [0.1, 0.15) is 9.58 Å². The van der Waals surface area contributed by atoms with Gasteiger partial charge in [0, 0.05) is 34.8 Å². The second-order valence-electron chi connectivity index (χ2n) is 8.15. The number of carbonyl (C=O) groups is 1. The number of carbonyl (C=O) groups excluding carboxylic acids is 1. The lowest BCUT2D eigenvalue weighted by atomic mass is 10.1. The molecule has 1 unspecified atom stereocenters. The van der Waals surface area contributed by atoms with Crippen LogP contribution in [0.3, 0.4) is 0 Å². The van der Waals surface area contributed by atoms with E-state index in [2.05, 4.69) is 32.5 Å². The lowest BCUT2D eigenvalue weighted by Gasteiger charge is -2.32. The molecule has 1 aromatic heterocycles. The number of hydrogen-bond donors (Lipinski definition) is 2. The number of nitrogens with one attached hydrogen (secondary N) is 2. The van der Waals surface area contributed by atoms with Crippen LogP contribution < -0.4 is 10.0 Å². The Bertz CT molecular complexity index is 1550. The number of thiophene rings is 1. The highest BCUT2D eigenvalue weighted by molar-refractivity contribution is 9.10. The van der Waals surface area contributed by atoms with Gasteiger partial charge in [-0.15, -0.1) is 17.9 Å². The molecule has 1 aliphatic heterocycles. The standard InChI is InChI=1S/C24H23BrClN3O5S4/c1-2-22(29-11-13-35-14-12-29)37(31,32)18-6-4-17(5-7-18)27-24(30)19-15-16(25)3-8-20(19)28-38(33,34)23-10-9-21(26)36-23/h2-10,15,22,28H,1,11-14H2,(H,27,30). The Labute approximate surface area is 243 Å². The summed E-state index contributed by atoms with van der Waals surface area (Å²) in [6.07, 6.45) is 1.45. The molecule has 2 heterocycles. The molecule has 8 nitrogen and oxygen atoms in total. The summed E-state index contributed by atoms with van der Waals surface area (Å²) in [5.41, 5.74) is 0.484. The van der Waals surface area contributed by atoms with Gasteiger partial charge in [-0.3, -0.25) is 14.4 Å². The number of anilines is 2. The Morgan fingerprint density at radius 3 is 2.34 bits per heavy atom. The summed E-state index contributed by atoms with van der Waals surface area (Å²) >= 11 is 11.9. The fraction of sp³-hybridized carbons (Fsp3) is 0.208. The lowest BCUT2D eigenvalue weighted by Crippen LogP contribution is -2.44. The van der Waals surface area contributed by atoms with Crippen LogP contribution in [-0.2, 0) is 19.9 Å². The van der Waals surface area contributed by atoms with E-state index in [4.69, 9.17) is 11.6 Å². The minimum absolute atomic E-state index is 0.00899. The molecule has 1 aliphatic rings. The van der Waals surface area contributed by atoms with Crippen molar-refractivity contribution in [3.05, 3.63) is 81.6 Å². The monoisotopic (exact) mass is 675 g/mol. The van der Waals surface area contributed by atoms with Crippen LogP contribution in [-0.4, -0.2) is 57.6 Å². The van der Waals surface area contributed by atoms with Crippen LogP contribution >= 0.6 is 50.6 Å². The number of nitrogens with zero attached hydrogens (tertiary/aromatic N) is 1. The second kappa shape index (κ2) is 12.1. The van der Waals surface area contributed by atoms with Gasteiger partial charge in [-0.05, 0) is 54.6 Å². The molecule has 0 aliphatic carbocycles. The van der Waals surface area contributed by atoms with Crippen LogP contribution in [0.25, 0.3) is 0 Å². The topological polar surface area (TPSA) is 113 Å². The van der Waals surface area contributed by atoms with Crippen LogP contribution in [0, 0.1) is 0 Å². The number of thioether (sulfide) groups is 1. The van der Waals surface area contributed by atoms with E-state index in [1.807, 2.05) is 4.90 Å². The van der Waals surface area contributed by atoms with Gasteiger partial charge in [0.05, 0.1) is 20.5 Å². The normalized spacial score (nSPS) is 15.5. The highest BCUT2D eigenvalue weighted by atomic mass is 79.9. The molecule has 3 aromatic rings. The first kappa shape index (κ1) is 29.1. The SMILES string of the molecule is C=CC(N1CCSCC1)S(=O)(=O)c1ccc(NC(=O)c2cc(Br)ccc2NS(=O)(=O)c2ccc(Cl)s2)cc1. The molecule has 1 fully saturated rings. The van der Waals surface area contributed by atoms with Crippen LogP contribution in [0.4, 0.5) is 11.4 Å². The zero-order valence-electron chi connectivity index (χ0n) is 19.8. The van der Waals surface area contributed by atoms with Crippen molar-refractivity contribution in [2.45, 2.75) is 14.5 Å². The van der Waals surface area contributed by atoms with Gasteiger partial charge in [0.25, 0.3) is 15.9 Å². The maximum atomic E-state index is 13.3. The molecular formula is C24H23BrClN3O5S4. The van der Waals surface area contributed by atoms with Crippen molar-refractivity contribution < 1.29 is 21.6 Å². The Kier molecular flexibility index (Phi) is 9.28. The highest BCUT2D eigenvalue weighted by Gasteiger charge is 2.31. The van der Waals surface area contributed by atoms with Crippen molar-refractivity contribution in [1.29, 1.82) is 0 Å². The first-order valence-electron chi connectivity index (χ1n) is 11.2. The molecule has 38 heavy (non-hydrogen) atoms. The summed E-state index contributed by atoms with van der Waals surface area (Å²) in [5.74, 6) is 1.14. The highest BCUT2D eigenvalue weighted by Crippen LogP contribution is 2.30. The summed E-state index contributed by atoms with van der Waals surface area (Å²) < 4.78 is 55.4. The summed E-state index contributed by atoms with van der Waals surface area (Å²) in [7, 11) is -7.68. The lowest BCUT2D eigenvalue weighted by molar-refractivity contribution is 0.102. The zero-order valence-corrected chi connectivity index (χ0v) is 25.4. The Hall–Kier alpha value is -1.87. The molecule has 2 N–H and O–H groups in total. The van der Waals surface area contributed by atoms with Crippen LogP contribution in [0.1, 0.15) is 10.4 Å². The number of sulfone groups is 1. The van der Waals surface area contributed by atoms with Crippen LogP contribution in [0.15, 0.2) is 80.8 Å². The molecule has 1 saturated heterocycles. The molecule has 1 amide bonds. The molecule has 2 aromatic carbocycles. The second-order valence-corrected chi connectivity index (χ2v) is 16.0. The smallest absolute Gasteiger partial charge is 0.271 e. The first-order valence-corrected chi connectivity index (χ1v) is 17.4. The van der Waals surface area contributed by atoms with E-state index < -0.39 is 31.1 Å². The minimum atomic E-state index is -3.97. The molecular weight excluding hydrogens is 654 g/mol. The van der Waals surface area contributed by atoms with Crippen LogP contribution in [0.2, 0.25) is 4.34 Å². The number of sulfonamides is 1. The van der Waals surface area contributed by atoms with Crippen LogP contribution in [0.5, 0.6) is 0 Å². The molecule has 0 spiro atoms. The first-order chi connectivity index (χ1) is 18.0. The van der Waals surface area contributed by atoms with Gasteiger partial charge in [0.15, 0.2) is 9.84 Å². The summed E-state index contributed by atoms with van der Waals surface area (Å²) in [5, 5.41) is 1.87. The predicted octanol–water partition coefficient (Wildman–Crippen LogP) is 5.55. The average Bonchev–Trinajstić information content (AvgIpc) is 3.33. The molecule has 0 bridgehead atoms. The van der Waals surface area contributed by atoms with Gasteiger partial charge < -0.3 is 5.32 Å². The van der Waals surface area contributed by atoms with Crippen molar-refractivity contribution in [3.8, 4) is 0 Å². The number of amides is 1. The molecule has 0 saturated carbocycles. The molecule has 4 rings (SSSR count). The van der Waals surface area contributed by atoms with E-state index in [9.17, 15) is 21.6 Å². The van der Waals surface area contributed by atoms with E-state index in [1.54, 1.807) is 17.8 Å². The molecule has 14 heteroatoms. The Morgan fingerprint density at radius 2 is 1.74 bits per heavy atom. The van der Waals surface area contributed by atoms with Crippen molar-refractivity contribution in [3.63, 3.8) is 0 Å². The third kappa shape index (κ3) is 6.64. The fourth-order valence-corrected chi connectivity index (χ4v) is 9.31. The predicted molar refractivity (Wildman–Crippen MR) is 159 cm³/mol. The maximum absolute atomic E-state index is 13.3. The number of rotatable bonds is 9. The van der Waals surface area contributed by atoms with Crippen molar-refractivity contribution in [1.82, 2.24) is 4.90 Å². The minimum Gasteiger partial charge on any atom is -0.322 e. The number of hydrogen-bond acceptors (Lipinski definition) is 8. The summed E-state index contributed by atoms with van der Waals surface area (Å²) in [6.45, 7) is 5.06. The number of benzene rings is 2. The van der Waals surface area contributed by atoms with Gasteiger partial charge in [-0.1, -0.05) is 33.6 Å². The zero-order chi connectivity index (χ0) is 27.5. The fourth-order valence-electron chi connectivity index (χ4n) is 3.80. The van der Waals surface area contributed by atoms with E-state index in [0.29, 0.717) is 27.6 Å². The largest absolute Gasteiger partial charge is 0.322 e.